The Morgan fingerprint density at radius 1 is 1.41 bits per heavy atom. The topological polar surface area (TPSA) is 73.5 Å². The van der Waals surface area contributed by atoms with E-state index in [4.69, 9.17) is 0 Å². The van der Waals surface area contributed by atoms with E-state index in [-0.39, 0.29) is 0 Å². The van der Waals surface area contributed by atoms with Crippen molar-refractivity contribution in [2.45, 2.75) is 33.0 Å². The molecule has 7 heteroatoms. The number of aryl methyl sites for hydroxylation is 1. The number of rotatable bonds is 5. The molecule has 2 aromatic rings. The number of aromatic nitrogens is 6. The maximum atomic E-state index is 4.31. The number of tetrazole rings is 1. The van der Waals surface area contributed by atoms with Crippen molar-refractivity contribution in [2.75, 3.05) is 0 Å². The van der Waals surface area contributed by atoms with Crippen molar-refractivity contribution in [3.8, 4) is 0 Å². The molecule has 0 unspecified atom stereocenters. The fourth-order valence-electron chi connectivity index (χ4n) is 1.49. The van der Waals surface area contributed by atoms with Gasteiger partial charge in [-0.1, -0.05) is 13.8 Å². The lowest BCUT2D eigenvalue weighted by Crippen LogP contribution is -2.24. The van der Waals surface area contributed by atoms with Crippen LogP contribution >= 0.6 is 0 Å². The highest BCUT2D eigenvalue weighted by atomic mass is 15.6. The lowest BCUT2D eigenvalue weighted by molar-refractivity contribution is 0.551. The van der Waals surface area contributed by atoms with Gasteiger partial charge in [0.2, 0.25) is 0 Å². The Kier molecular flexibility index (Phi) is 3.48. The van der Waals surface area contributed by atoms with Crippen molar-refractivity contribution in [2.24, 2.45) is 7.05 Å². The van der Waals surface area contributed by atoms with Gasteiger partial charge in [-0.2, -0.15) is 4.80 Å². The van der Waals surface area contributed by atoms with Crippen LogP contribution in [0, 0.1) is 0 Å². The molecule has 0 aromatic carbocycles. The van der Waals surface area contributed by atoms with E-state index in [0.717, 1.165) is 12.4 Å². The standard InChI is InChI=1S/C10H17N7/c1-8(2)12-6-10-11-4-5-17(10)7-9-13-15-16(3)14-9/h4-5,8,12H,6-7H2,1-3H3. The molecule has 2 rings (SSSR count). The van der Waals surface area contributed by atoms with Crippen LogP contribution in [0.1, 0.15) is 25.5 Å². The Labute approximate surface area is 99.9 Å². The van der Waals surface area contributed by atoms with Gasteiger partial charge in [0, 0.05) is 18.4 Å². The average molecular weight is 235 g/mol. The first kappa shape index (κ1) is 11.7. The van der Waals surface area contributed by atoms with E-state index < -0.39 is 0 Å². The molecule has 0 amide bonds. The number of hydrogen-bond donors (Lipinski definition) is 1. The summed E-state index contributed by atoms with van der Waals surface area (Å²) >= 11 is 0. The van der Waals surface area contributed by atoms with Crippen LogP contribution < -0.4 is 5.32 Å². The molecular formula is C10H17N7. The van der Waals surface area contributed by atoms with Crippen LogP contribution in [0.15, 0.2) is 12.4 Å². The van der Waals surface area contributed by atoms with Gasteiger partial charge in [0.05, 0.1) is 20.1 Å². The summed E-state index contributed by atoms with van der Waals surface area (Å²) in [4.78, 5) is 5.77. The zero-order valence-corrected chi connectivity index (χ0v) is 10.3. The summed E-state index contributed by atoms with van der Waals surface area (Å²) in [5.41, 5.74) is 0. The lowest BCUT2D eigenvalue weighted by Gasteiger charge is -2.09. The minimum absolute atomic E-state index is 0.440. The van der Waals surface area contributed by atoms with Gasteiger partial charge in [-0.25, -0.2) is 4.98 Å². The summed E-state index contributed by atoms with van der Waals surface area (Å²) in [6.45, 7) is 5.56. The highest BCUT2D eigenvalue weighted by Crippen LogP contribution is 2.01. The van der Waals surface area contributed by atoms with E-state index in [0.29, 0.717) is 18.4 Å². The largest absolute Gasteiger partial charge is 0.326 e. The molecule has 0 bridgehead atoms. The average Bonchev–Trinajstić information content (AvgIpc) is 2.86. The molecular weight excluding hydrogens is 218 g/mol. The first-order valence-corrected chi connectivity index (χ1v) is 5.61. The summed E-state index contributed by atoms with van der Waals surface area (Å²) in [7, 11) is 1.76. The SMILES string of the molecule is CC(C)NCc1nccn1Cc1nnn(C)n1. The molecule has 0 spiro atoms. The zero-order valence-electron chi connectivity index (χ0n) is 10.3. The fraction of sp³-hybridized carbons (Fsp3) is 0.600. The second-order valence-corrected chi connectivity index (χ2v) is 4.20. The Morgan fingerprint density at radius 2 is 2.24 bits per heavy atom. The van der Waals surface area contributed by atoms with Crippen molar-refractivity contribution in [1.29, 1.82) is 0 Å². The summed E-state index contributed by atoms with van der Waals surface area (Å²) in [5, 5.41) is 15.2. The minimum atomic E-state index is 0.440. The highest BCUT2D eigenvalue weighted by Gasteiger charge is 2.07. The minimum Gasteiger partial charge on any atom is -0.326 e. The van der Waals surface area contributed by atoms with Crippen molar-refractivity contribution in [1.82, 2.24) is 35.1 Å². The molecule has 2 heterocycles. The first-order chi connectivity index (χ1) is 8.15. The van der Waals surface area contributed by atoms with Crippen LogP contribution in [0.25, 0.3) is 0 Å². The third-order valence-corrected chi connectivity index (χ3v) is 2.33. The Hall–Kier alpha value is -1.76. The molecule has 0 fully saturated rings. The second kappa shape index (κ2) is 5.05. The Balaban J connectivity index is 2.03. The predicted molar refractivity (Wildman–Crippen MR) is 62.1 cm³/mol. The Morgan fingerprint density at radius 3 is 2.88 bits per heavy atom. The number of hydrogen-bond acceptors (Lipinski definition) is 5. The van der Waals surface area contributed by atoms with E-state index in [1.54, 1.807) is 13.2 Å². The van der Waals surface area contributed by atoms with Gasteiger partial charge in [0.25, 0.3) is 0 Å². The van der Waals surface area contributed by atoms with E-state index in [1.807, 2.05) is 10.8 Å². The van der Waals surface area contributed by atoms with E-state index in [9.17, 15) is 0 Å². The van der Waals surface area contributed by atoms with Crippen molar-refractivity contribution in [3.05, 3.63) is 24.0 Å². The van der Waals surface area contributed by atoms with E-state index in [1.165, 1.54) is 4.80 Å². The molecule has 0 aliphatic carbocycles. The van der Waals surface area contributed by atoms with Crippen molar-refractivity contribution < 1.29 is 0 Å². The van der Waals surface area contributed by atoms with Gasteiger partial charge in [-0.3, -0.25) is 0 Å². The van der Waals surface area contributed by atoms with Gasteiger partial charge in [-0.15, -0.1) is 10.2 Å². The molecule has 0 radical (unpaired) electrons. The Bertz CT molecular complexity index is 470. The molecule has 0 saturated carbocycles. The molecule has 0 aliphatic heterocycles. The molecule has 1 N–H and O–H groups in total. The highest BCUT2D eigenvalue weighted by molar-refractivity contribution is 4.95. The monoisotopic (exact) mass is 235 g/mol. The summed E-state index contributed by atoms with van der Waals surface area (Å²) in [6.07, 6.45) is 3.71. The van der Waals surface area contributed by atoms with Gasteiger partial charge in [-0.05, 0) is 5.21 Å². The van der Waals surface area contributed by atoms with E-state index >= 15 is 0 Å². The smallest absolute Gasteiger partial charge is 0.194 e. The van der Waals surface area contributed by atoms with Crippen LogP contribution in [-0.4, -0.2) is 35.8 Å². The van der Waals surface area contributed by atoms with Crippen LogP contribution in [0.4, 0.5) is 0 Å². The maximum Gasteiger partial charge on any atom is 0.194 e. The van der Waals surface area contributed by atoms with Crippen molar-refractivity contribution >= 4 is 0 Å². The summed E-state index contributed by atoms with van der Waals surface area (Å²) in [5.74, 6) is 1.67. The summed E-state index contributed by atoms with van der Waals surface area (Å²) < 4.78 is 2.02. The molecule has 17 heavy (non-hydrogen) atoms. The van der Waals surface area contributed by atoms with Gasteiger partial charge in [0.15, 0.2) is 5.82 Å². The summed E-state index contributed by atoms with van der Waals surface area (Å²) in [6, 6.07) is 0.440. The predicted octanol–water partition coefficient (Wildman–Crippen LogP) is -0.0471. The van der Waals surface area contributed by atoms with E-state index in [2.05, 4.69) is 39.6 Å². The van der Waals surface area contributed by atoms with Crippen LogP contribution in [-0.2, 0) is 20.1 Å². The number of nitrogens with zero attached hydrogens (tertiary/aromatic N) is 6. The molecule has 92 valence electrons. The first-order valence-electron chi connectivity index (χ1n) is 5.61. The molecule has 0 aliphatic rings. The fourth-order valence-corrected chi connectivity index (χ4v) is 1.49. The molecule has 0 saturated heterocycles. The lowest BCUT2D eigenvalue weighted by atomic mass is 10.4. The third-order valence-electron chi connectivity index (χ3n) is 2.33. The molecule has 7 nitrogen and oxygen atoms in total. The molecule has 2 aromatic heterocycles. The zero-order chi connectivity index (χ0) is 12.3. The number of nitrogens with one attached hydrogen (secondary N) is 1. The van der Waals surface area contributed by atoms with Crippen molar-refractivity contribution in [3.63, 3.8) is 0 Å². The number of imidazole rings is 1. The third kappa shape index (κ3) is 3.10. The van der Waals surface area contributed by atoms with Crippen LogP contribution in [0.2, 0.25) is 0 Å². The normalized spacial score (nSPS) is 11.3. The van der Waals surface area contributed by atoms with Gasteiger partial charge in [0.1, 0.15) is 5.82 Å². The quantitative estimate of drug-likeness (QED) is 0.786. The maximum absolute atomic E-state index is 4.31. The second-order valence-electron chi connectivity index (χ2n) is 4.20. The molecule has 0 atom stereocenters. The van der Waals surface area contributed by atoms with Gasteiger partial charge >= 0.3 is 0 Å². The van der Waals surface area contributed by atoms with Gasteiger partial charge < -0.3 is 9.88 Å². The van der Waals surface area contributed by atoms with Crippen LogP contribution in [0.5, 0.6) is 0 Å². The van der Waals surface area contributed by atoms with Crippen LogP contribution in [0.3, 0.4) is 0 Å².